The van der Waals surface area contributed by atoms with Crippen molar-refractivity contribution in [2.75, 3.05) is 0 Å². The zero-order valence-electron chi connectivity index (χ0n) is 7.41. The van der Waals surface area contributed by atoms with E-state index in [1.165, 1.54) is 5.39 Å². The number of aromatic nitrogens is 1. The molecule has 0 spiro atoms. The summed E-state index contributed by atoms with van der Waals surface area (Å²) in [6.07, 6.45) is 0. The standard InChI is InChI=1S/C10H12N2O/c1-7(12-13)10-6-8-4-2-3-5-9(8)11-10/h2-7,11-13H,1H3. The highest BCUT2D eigenvalue weighted by Gasteiger charge is 2.06. The van der Waals surface area contributed by atoms with Crippen LogP contribution in [0.4, 0.5) is 0 Å². The molecule has 1 unspecified atom stereocenters. The van der Waals surface area contributed by atoms with Crippen LogP contribution < -0.4 is 5.48 Å². The molecule has 0 aliphatic heterocycles. The predicted octanol–water partition coefficient (Wildman–Crippen LogP) is 2.21. The van der Waals surface area contributed by atoms with Crippen LogP contribution in [0.1, 0.15) is 18.7 Å². The van der Waals surface area contributed by atoms with Crippen molar-refractivity contribution in [3.8, 4) is 0 Å². The lowest BCUT2D eigenvalue weighted by Gasteiger charge is -2.04. The van der Waals surface area contributed by atoms with Gasteiger partial charge in [0.05, 0.1) is 6.04 Å². The molecule has 1 heterocycles. The molecule has 3 N–H and O–H groups in total. The Morgan fingerprint density at radius 1 is 1.38 bits per heavy atom. The quantitative estimate of drug-likeness (QED) is 0.614. The summed E-state index contributed by atoms with van der Waals surface area (Å²) in [5.41, 5.74) is 4.30. The van der Waals surface area contributed by atoms with E-state index in [2.05, 4.69) is 10.5 Å². The van der Waals surface area contributed by atoms with Gasteiger partial charge >= 0.3 is 0 Å². The third kappa shape index (κ3) is 1.43. The number of para-hydroxylation sites is 1. The zero-order valence-corrected chi connectivity index (χ0v) is 7.41. The molecule has 13 heavy (non-hydrogen) atoms. The summed E-state index contributed by atoms with van der Waals surface area (Å²) in [5, 5.41) is 9.91. The van der Waals surface area contributed by atoms with E-state index < -0.39 is 0 Å². The van der Waals surface area contributed by atoms with Crippen molar-refractivity contribution in [1.82, 2.24) is 10.5 Å². The Morgan fingerprint density at radius 2 is 2.15 bits per heavy atom. The lowest BCUT2D eigenvalue weighted by atomic mass is 10.2. The van der Waals surface area contributed by atoms with Crippen LogP contribution in [0.15, 0.2) is 30.3 Å². The molecule has 0 fully saturated rings. The molecule has 0 aliphatic carbocycles. The van der Waals surface area contributed by atoms with Crippen molar-refractivity contribution in [3.05, 3.63) is 36.0 Å². The number of aromatic amines is 1. The second-order valence-corrected chi connectivity index (χ2v) is 3.16. The second-order valence-electron chi connectivity index (χ2n) is 3.16. The maximum absolute atomic E-state index is 8.74. The van der Waals surface area contributed by atoms with Gasteiger partial charge in [-0.25, -0.2) is 0 Å². The molecule has 1 aromatic carbocycles. The Hall–Kier alpha value is -1.32. The summed E-state index contributed by atoms with van der Waals surface area (Å²) >= 11 is 0. The Balaban J connectivity index is 2.49. The summed E-state index contributed by atoms with van der Waals surface area (Å²) in [6, 6.07) is 10.0. The van der Waals surface area contributed by atoms with Gasteiger partial charge in [-0.3, -0.25) is 0 Å². The number of rotatable bonds is 2. The summed E-state index contributed by atoms with van der Waals surface area (Å²) in [6.45, 7) is 1.89. The first kappa shape index (κ1) is 8.29. The number of hydrogen-bond acceptors (Lipinski definition) is 2. The predicted molar refractivity (Wildman–Crippen MR) is 51.6 cm³/mol. The van der Waals surface area contributed by atoms with E-state index in [0.717, 1.165) is 11.2 Å². The van der Waals surface area contributed by atoms with E-state index >= 15 is 0 Å². The van der Waals surface area contributed by atoms with Crippen molar-refractivity contribution in [2.45, 2.75) is 13.0 Å². The van der Waals surface area contributed by atoms with Crippen LogP contribution in [-0.2, 0) is 0 Å². The van der Waals surface area contributed by atoms with E-state index in [9.17, 15) is 0 Å². The molecule has 1 atom stereocenters. The van der Waals surface area contributed by atoms with E-state index in [1.807, 2.05) is 37.3 Å². The van der Waals surface area contributed by atoms with Gasteiger partial charge in [-0.2, -0.15) is 5.48 Å². The Labute approximate surface area is 76.4 Å². The molecule has 3 heteroatoms. The average molecular weight is 176 g/mol. The SMILES string of the molecule is CC(NO)c1cc2ccccc2[nH]1. The molecule has 1 aromatic heterocycles. The maximum atomic E-state index is 8.74. The van der Waals surface area contributed by atoms with E-state index in [-0.39, 0.29) is 6.04 Å². The van der Waals surface area contributed by atoms with Crippen molar-refractivity contribution < 1.29 is 5.21 Å². The smallest absolute Gasteiger partial charge is 0.0691 e. The minimum Gasteiger partial charge on any atom is -0.357 e. The second kappa shape index (κ2) is 3.20. The highest BCUT2D eigenvalue weighted by atomic mass is 16.5. The van der Waals surface area contributed by atoms with Gasteiger partial charge in [-0.15, -0.1) is 0 Å². The van der Waals surface area contributed by atoms with Gasteiger partial charge in [0, 0.05) is 11.2 Å². The molecule has 0 saturated carbocycles. The Kier molecular flexibility index (Phi) is 2.04. The molecule has 3 nitrogen and oxygen atoms in total. The highest BCUT2D eigenvalue weighted by molar-refractivity contribution is 5.80. The largest absolute Gasteiger partial charge is 0.357 e. The fourth-order valence-electron chi connectivity index (χ4n) is 1.40. The van der Waals surface area contributed by atoms with Crippen LogP contribution in [0.2, 0.25) is 0 Å². The lowest BCUT2D eigenvalue weighted by Crippen LogP contribution is -2.13. The average Bonchev–Trinajstić information content (AvgIpc) is 2.59. The fourth-order valence-corrected chi connectivity index (χ4v) is 1.40. The van der Waals surface area contributed by atoms with E-state index in [4.69, 9.17) is 5.21 Å². The molecule has 2 rings (SSSR count). The van der Waals surface area contributed by atoms with Gasteiger partial charge in [-0.05, 0) is 24.4 Å². The van der Waals surface area contributed by atoms with Crippen molar-refractivity contribution in [3.63, 3.8) is 0 Å². The van der Waals surface area contributed by atoms with Crippen molar-refractivity contribution >= 4 is 10.9 Å². The van der Waals surface area contributed by atoms with Crippen LogP contribution in [0.5, 0.6) is 0 Å². The molecule has 0 bridgehead atoms. The summed E-state index contributed by atoms with van der Waals surface area (Å²) in [5.74, 6) is 0. The van der Waals surface area contributed by atoms with Gasteiger partial charge in [0.1, 0.15) is 0 Å². The maximum Gasteiger partial charge on any atom is 0.0691 e. The highest BCUT2D eigenvalue weighted by Crippen LogP contribution is 2.18. The first-order valence-corrected chi connectivity index (χ1v) is 4.28. The molecule has 0 amide bonds. The van der Waals surface area contributed by atoms with E-state index in [0.29, 0.717) is 0 Å². The van der Waals surface area contributed by atoms with Crippen molar-refractivity contribution in [1.29, 1.82) is 0 Å². The van der Waals surface area contributed by atoms with Gasteiger partial charge in [-0.1, -0.05) is 18.2 Å². The first-order valence-electron chi connectivity index (χ1n) is 4.28. The van der Waals surface area contributed by atoms with Gasteiger partial charge < -0.3 is 10.2 Å². The number of H-pyrrole nitrogens is 1. The Bertz CT molecular complexity index is 375. The molecule has 0 aliphatic rings. The zero-order chi connectivity index (χ0) is 9.26. The van der Waals surface area contributed by atoms with Crippen LogP contribution in [0, 0.1) is 0 Å². The number of benzene rings is 1. The first-order chi connectivity index (χ1) is 6.31. The van der Waals surface area contributed by atoms with Gasteiger partial charge in [0.15, 0.2) is 0 Å². The van der Waals surface area contributed by atoms with Crippen LogP contribution in [0.3, 0.4) is 0 Å². The molecular formula is C10H12N2O. The monoisotopic (exact) mass is 176 g/mol. The number of nitrogens with one attached hydrogen (secondary N) is 2. The van der Waals surface area contributed by atoms with Crippen LogP contribution in [-0.4, -0.2) is 10.2 Å². The molecule has 0 radical (unpaired) electrons. The molecule has 0 saturated heterocycles. The fraction of sp³-hybridized carbons (Fsp3) is 0.200. The van der Waals surface area contributed by atoms with E-state index in [1.54, 1.807) is 0 Å². The summed E-state index contributed by atoms with van der Waals surface area (Å²) in [7, 11) is 0. The topological polar surface area (TPSA) is 48.0 Å². The molecular weight excluding hydrogens is 164 g/mol. The third-order valence-corrected chi connectivity index (χ3v) is 2.21. The third-order valence-electron chi connectivity index (χ3n) is 2.21. The number of fused-ring (bicyclic) bond motifs is 1. The summed E-state index contributed by atoms with van der Waals surface area (Å²) < 4.78 is 0. The minimum atomic E-state index is -0.0626. The molecule has 2 aromatic rings. The van der Waals surface area contributed by atoms with Gasteiger partial charge in [0.2, 0.25) is 0 Å². The number of hydroxylamine groups is 1. The lowest BCUT2D eigenvalue weighted by molar-refractivity contribution is 0.132. The number of hydrogen-bond donors (Lipinski definition) is 3. The van der Waals surface area contributed by atoms with Crippen molar-refractivity contribution in [2.24, 2.45) is 0 Å². The van der Waals surface area contributed by atoms with Gasteiger partial charge in [0.25, 0.3) is 0 Å². The Morgan fingerprint density at radius 3 is 2.85 bits per heavy atom. The van der Waals surface area contributed by atoms with Crippen LogP contribution in [0.25, 0.3) is 10.9 Å². The van der Waals surface area contributed by atoms with Crippen LogP contribution >= 0.6 is 0 Å². The molecule has 68 valence electrons. The normalized spacial score (nSPS) is 13.4. The summed E-state index contributed by atoms with van der Waals surface area (Å²) in [4.78, 5) is 3.22. The minimum absolute atomic E-state index is 0.0626.